The van der Waals surface area contributed by atoms with E-state index < -0.39 is 0 Å². The van der Waals surface area contributed by atoms with Gasteiger partial charge in [-0.3, -0.25) is 4.79 Å². The number of nitrogens with one attached hydrogen (secondary N) is 1. The van der Waals surface area contributed by atoms with E-state index in [0.717, 1.165) is 5.69 Å². The Balaban J connectivity index is 2.87. The fourth-order valence-corrected chi connectivity index (χ4v) is 1.54. The molecule has 0 aliphatic carbocycles. The van der Waals surface area contributed by atoms with E-state index in [0.29, 0.717) is 17.8 Å². The smallest absolute Gasteiger partial charge is 0.253 e. The summed E-state index contributed by atoms with van der Waals surface area (Å²) in [6, 6.07) is 5.30. The molecule has 1 atom stereocenters. The van der Waals surface area contributed by atoms with Gasteiger partial charge in [0.25, 0.3) is 5.91 Å². The van der Waals surface area contributed by atoms with Crippen molar-refractivity contribution in [2.45, 2.75) is 13.0 Å². The van der Waals surface area contributed by atoms with E-state index in [2.05, 4.69) is 5.32 Å². The molecule has 1 amide bonds. The minimum atomic E-state index is -0.144. The number of carbonyl (C=O) groups is 1. The SMILES string of the molecule is COC(C)CNC(=O)c1cc(N)ccc1N(C)C. The molecule has 0 spiro atoms. The fraction of sp³-hybridized carbons (Fsp3) is 0.462. The Morgan fingerprint density at radius 1 is 1.50 bits per heavy atom. The van der Waals surface area contributed by atoms with Gasteiger partial charge in [-0.15, -0.1) is 0 Å². The first-order valence-electron chi connectivity index (χ1n) is 5.83. The minimum absolute atomic E-state index is 0.0159. The molecule has 0 saturated carbocycles. The average Bonchev–Trinajstić information content (AvgIpc) is 2.34. The van der Waals surface area contributed by atoms with E-state index in [9.17, 15) is 4.79 Å². The number of rotatable bonds is 5. The zero-order valence-corrected chi connectivity index (χ0v) is 11.4. The number of hydrogen-bond donors (Lipinski definition) is 2. The third kappa shape index (κ3) is 3.63. The van der Waals surface area contributed by atoms with Gasteiger partial charge in [-0.05, 0) is 25.1 Å². The summed E-state index contributed by atoms with van der Waals surface area (Å²) in [6.07, 6.45) is -0.0159. The summed E-state index contributed by atoms with van der Waals surface area (Å²) in [6.45, 7) is 2.36. The predicted octanol–water partition coefficient (Wildman–Crippen LogP) is 1.10. The van der Waals surface area contributed by atoms with Gasteiger partial charge in [-0.1, -0.05) is 0 Å². The molecule has 0 bridgehead atoms. The highest BCUT2D eigenvalue weighted by molar-refractivity contribution is 6.00. The Morgan fingerprint density at radius 2 is 2.17 bits per heavy atom. The summed E-state index contributed by atoms with van der Waals surface area (Å²) < 4.78 is 5.09. The predicted molar refractivity (Wildman–Crippen MR) is 74.0 cm³/mol. The maximum absolute atomic E-state index is 12.1. The van der Waals surface area contributed by atoms with Gasteiger partial charge in [0.2, 0.25) is 0 Å². The molecule has 0 saturated heterocycles. The van der Waals surface area contributed by atoms with Crippen LogP contribution in [0.3, 0.4) is 0 Å². The largest absolute Gasteiger partial charge is 0.399 e. The van der Waals surface area contributed by atoms with Crippen molar-refractivity contribution in [3.63, 3.8) is 0 Å². The van der Waals surface area contributed by atoms with Gasteiger partial charge >= 0.3 is 0 Å². The first kappa shape index (κ1) is 14.3. The third-order valence-corrected chi connectivity index (χ3v) is 2.70. The molecule has 3 N–H and O–H groups in total. The normalized spacial score (nSPS) is 12.0. The van der Waals surface area contributed by atoms with Crippen LogP contribution >= 0.6 is 0 Å². The van der Waals surface area contributed by atoms with Gasteiger partial charge in [0.05, 0.1) is 11.7 Å². The zero-order chi connectivity index (χ0) is 13.7. The monoisotopic (exact) mass is 251 g/mol. The summed E-state index contributed by atoms with van der Waals surface area (Å²) in [5.74, 6) is -0.144. The van der Waals surface area contributed by atoms with E-state index in [-0.39, 0.29) is 12.0 Å². The van der Waals surface area contributed by atoms with Crippen molar-refractivity contribution >= 4 is 17.3 Å². The first-order chi connectivity index (χ1) is 8.45. The van der Waals surface area contributed by atoms with Gasteiger partial charge < -0.3 is 20.7 Å². The molecule has 0 aliphatic heterocycles. The average molecular weight is 251 g/mol. The number of ether oxygens (including phenoxy) is 1. The zero-order valence-electron chi connectivity index (χ0n) is 11.4. The highest BCUT2D eigenvalue weighted by atomic mass is 16.5. The Hall–Kier alpha value is -1.75. The Labute approximate surface area is 108 Å². The van der Waals surface area contributed by atoms with Crippen molar-refractivity contribution in [2.24, 2.45) is 0 Å². The minimum Gasteiger partial charge on any atom is -0.399 e. The molecule has 1 aromatic rings. The molecule has 0 fully saturated rings. The van der Waals surface area contributed by atoms with Crippen molar-refractivity contribution in [3.05, 3.63) is 23.8 Å². The summed E-state index contributed by atoms with van der Waals surface area (Å²) in [7, 11) is 5.39. The number of hydrogen-bond acceptors (Lipinski definition) is 4. The summed E-state index contributed by atoms with van der Waals surface area (Å²) in [5, 5.41) is 2.83. The fourth-order valence-electron chi connectivity index (χ4n) is 1.54. The molecule has 0 heterocycles. The summed E-state index contributed by atoms with van der Waals surface area (Å²) in [4.78, 5) is 14.0. The molecule has 0 radical (unpaired) electrons. The third-order valence-electron chi connectivity index (χ3n) is 2.70. The van der Waals surface area contributed by atoms with Crippen LogP contribution in [0.1, 0.15) is 17.3 Å². The van der Waals surface area contributed by atoms with E-state index in [1.807, 2.05) is 32.0 Å². The summed E-state index contributed by atoms with van der Waals surface area (Å²) in [5.41, 5.74) is 7.71. The number of methoxy groups -OCH3 is 1. The highest BCUT2D eigenvalue weighted by Crippen LogP contribution is 2.21. The molecule has 5 heteroatoms. The molecule has 0 aromatic heterocycles. The highest BCUT2D eigenvalue weighted by Gasteiger charge is 2.13. The Kier molecular flexibility index (Phi) is 4.97. The van der Waals surface area contributed by atoms with Crippen LogP contribution in [0.5, 0.6) is 0 Å². The van der Waals surface area contributed by atoms with Crippen LogP contribution in [-0.4, -0.2) is 39.8 Å². The van der Waals surface area contributed by atoms with Crippen LogP contribution in [0.25, 0.3) is 0 Å². The molecular formula is C13H21N3O2. The van der Waals surface area contributed by atoms with Crippen LogP contribution in [0.15, 0.2) is 18.2 Å². The molecule has 18 heavy (non-hydrogen) atoms. The standard InChI is InChI=1S/C13H21N3O2/c1-9(18-4)8-15-13(17)11-7-10(14)5-6-12(11)16(2)3/h5-7,9H,8,14H2,1-4H3,(H,15,17). The van der Waals surface area contributed by atoms with Gasteiger partial charge in [-0.2, -0.15) is 0 Å². The van der Waals surface area contributed by atoms with E-state index >= 15 is 0 Å². The second kappa shape index (κ2) is 6.26. The summed E-state index contributed by atoms with van der Waals surface area (Å²) >= 11 is 0. The molecule has 100 valence electrons. The quantitative estimate of drug-likeness (QED) is 0.769. The number of carbonyl (C=O) groups excluding carboxylic acids is 1. The molecule has 5 nitrogen and oxygen atoms in total. The van der Waals surface area contributed by atoms with Crippen LogP contribution < -0.4 is 16.0 Å². The number of nitrogen functional groups attached to an aromatic ring is 1. The van der Waals surface area contributed by atoms with Crippen molar-refractivity contribution in [3.8, 4) is 0 Å². The van der Waals surface area contributed by atoms with Crippen LogP contribution in [0.2, 0.25) is 0 Å². The number of amides is 1. The lowest BCUT2D eigenvalue weighted by Crippen LogP contribution is -2.32. The van der Waals surface area contributed by atoms with Gasteiger partial charge in [-0.25, -0.2) is 0 Å². The first-order valence-corrected chi connectivity index (χ1v) is 5.83. The number of benzene rings is 1. The van der Waals surface area contributed by atoms with Crippen LogP contribution in [0, 0.1) is 0 Å². The molecule has 1 aromatic carbocycles. The van der Waals surface area contributed by atoms with Crippen molar-refractivity contribution in [1.29, 1.82) is 0 Å². The maximum atomic E-state index is 12.1. The van der Waals surface area contributed by atoms with E-state index in [4.69, 9.17) is 10.5 Å². The molecular weight excluding hydrogens is 230 g/mol. The van der Waals surface area contributed by atoms with Crippen molar-refractivity contribution < 1.29 is 9.53 Å². The number of nitrogens with zero attached hydrogens (tertiary/aromatic N) is 1. The van der Waals surface area contributed by atoms with E-state index in [1.165, 1.54) is 0 Å². The lowest BCUT2D eigenvalue weighted by atomic mass is 10.1. The Bertz CT molecular complexity index is 419. The molecule has 0 aliphatic rings. The second-order valence-electron chi connectivity index (χ2n) is 4.43. The second-order valence-corrected chi connectivity index (χ2v) is 4.43. The molecule has 1 rings (SSSR count). The maximum Gasteiger partial charge on any atom is 0.253 e. The molecule has 1 unspecified atom stereocenters. The number of anilines is 2. The van der Waals surface area contributed by atoms with Gasteiger partial charge in [0.1, 0.15) is 0 Å². The lowest BCUT2D eigenvalue weighted by Gasteiger charge is -2.18. The topological polar surface area (TPSA) is 67.6 Å². The lowest BCUT2D eigenvalue weighted by molar-refractivity contribution is 0.0871. The van der Waals surface area contributed by atoms with Crippen molar-refractivity contribution in [2.75, 3.05) is 38.4 Å². The van der Waals surface area contributed by atoms with Crippen molar-refractivity contribution in [1.82, 2.24) is 5.32 Å². The Morgan fingerprint density at radius 3 is 2.72 bits per heavy atom. The van der Waals surface area contributed by atoms with Crippen LogP contribution in [0.4, 0.5) is 11.4 Å². The van der Waals surface area contributed by atoms with E-state index in [1.54, 1.807) is 19.2 Å². The van der Waals surface area contributed by atoms with Gasteiger partial charge in [0, 0.05) is 39.1 Å². The van der Waals surface area contributed by atoms with Gasteiger partial charge in [0.15, 0.2) is 0 Å². The van der Waals surface area contributed by atoms with Crippen LogP contribution in [-0.2, 0) is 4.74 Å². The number of nitrogens with two attached hydrogens (primary N) is 1.